The second kappa shape index (κ2) is 12.8. The lowest BCUT2D eigenvalue weighted by Gasteiger charge is -2.02. The molecule has 106 valence electrons. The molecule has 0 amide bonds. The van der Waals surface area contributed by atoms with Crippen molar-refractivity contribution in [2.24, 2.45) is 0 Å². The quantitative estimate of drug-likeness (QED) is 0.440. The Balaban J connectivity index is 3.33. The van der Waals surface area contributed by atoms with Crippen molar-refractivity contribution in [1.29, 1.82) is 0 Å². The van der Waals surface area contributed by atoms with Gasteiger partial charge in [0.25, 0.3) is 0 Å². The molecule has 0 atom stereocenters. The Morgan fingerprint density at radius 3 is 1.56 bits per heavy atom. The predicted octanol–water partition coefficient (Wildman–Crippen LogP) is 4.85. The lowest BCUT2D eigenvalue weighted by Crippen LogP contribution is -2.02. The van der Waals surface area contributed by atoms with Gasteiger partial charge in [0.05, 0.1) is 0 Å². The third kappa shape index (κ3) is 11.8. The maximum absolute atomic E-state index is 11.6. The van der Waals surface area contributed by atoms with Crippen LogP contribution in [-0.2, 0) is 9.59 Å². The SMILES string of the molecule is CCCCCCCC(=O)CCCC(=O)CCCC. The molecule has 2 heteroatoms. The number of hydrogen-bond donors (Lipinski definition) is 0. The van der Waals surface area contributed by atoms with E-state index in [2.05, 4.69) is 13.8 Å². The fourth-order valence-corrected chi connectivity index (χ4v) is 2.03. The maximum atomic E-state index is 11.6. The number of Topliss-reactive ketones (excluding diaryl/α,β-unsaturated/α-hetero) is 2. The van der Waals surface area contributed by atoms with E-state index in [9.17, 15) is 9.59 Å². The van der Waals surface area contributed by atoms with Gasteiger partial charge in [0.1, 0.15) is 11.6 Å². The van der Waals surface area contributed by atoms with Crippen molar-refractivity contribution in [1.82, 2.24) is 0 Å². The third-order valence-electron chi connectivity index (χ3n) is 3.28. The predicted molar refractivity (Wildman–Crippen MR) is 76.8 cm³/mol. The first-order valence-corrected chi connectivity index (χ1v) is 7.74. The number of rotatable bonds is 13. The van der Waals surface area contributed by atoms with Crippen molar-refractivity contribution in [3.8, 4) is 0 Å². The van der Waals surface area contributed by atoms with E-state index in [0.29, 0.717) is 37.2 Å². The highest BCUT2D eigenvalue weighted by Crippen LogP contribution is 2.09. The molecule has 2 nitrogen and oxygen atoms in total. The monoisotopic (exact) mass is 254 g/mol. The summed E-state index contributed by atoms with van der Waals surface area (Å²) in [6.45, 7) is 4.29. The molecule has 0 aromatic carbocycles. The third-order valence-corrected chi connectivity index (χ3v) is 3.28. The molecule has 0 aliphatic rings. The zero-order valence-corrected chi connectivity index (χ0v) is 12.3. The smallest absolute Gasteiger partial charge is 0.132 e. The van der Waals surface area contributed by atoms with Crippen LogP contribution in [0.2, 0.25) is 0 Å². The lowest BCUT2D eigenvalue weighted by atomic mass is 10.0. The molecule has 0 unspecified atom stereocenters. The van der Waals surface area contributed by atoms with Crippen LogP contribution in [0.1, 0.15) is 90.9 Å². The maximum Gasteiger partial charge on any atom is 0.132 e. The molecule has 0 aliphatic carbocycles. The van der Waals surface area contributed by atoms with Crippen molar-refractivity contribution in [2.75, 3.05) is 0 Å². The van der Waals surface area contributed by atoms with Crippen LogP contribution in [0.25, 0.3) is 0 Å². The fraction of sp³-hybridized carbons (Fsp3) is 0.875. The van der Waals surface area contributed by atoms with E-state index in [1.807, 2.05) is 0 Å². The van der Waals surface area contributed by atoms with Gasteiger partial charge in [-0.1, -0.05) is 46.0 Å². The van der Waals surface area contributed by atoms with E-state index in [1.165, 1.54) is 25.7 Å². The van der Waals surface area contributed by atoms with Crippen LogP contribution >= 0.6 is 0 Å². The molecule has 18 heavy (non-hydrogen) atoms. The van der Waals surface area contributed by atoms with Gasteiger partial charge in [-0.25, -0.2) is 0 Å². The van der Waals surface area contributed by atoms with E-state index in [1.54, 1.807) is 0 Å². The number of hydrogen-bond acceptors (Lipinski definition) is 2. The highest BCUT2D eigenvalue weighted by atomic mass is 16.1. The largest absolute Gasteiger partial charge is 0.300 e. The molecule has 0 heterocycles. The van der Waals surface area contributed by atoms with Crippen LogP contribution in [0.15, 0.2) is 0 Å². The summed E-state index contributed by atoms with van der Waals surface area (Å²) < 4.78 is 0. The van der Waals surface area contributed by atoms with Crippen molar-refractivity contribution in [2.45, 2.75) is 90.9 Å². The minimum atomic E-state index is 0.326. The summed E-state index contributed by atoms with van der Waals surface area (Å²) in [5.74, 6) is 0.669. The van der Waals surface area contributed by atoms with Crippen LogP contribution < -0.4 is 0 Å². The summed E-state index contributed by atoms with van der Waals surface area (Å²) in [6.07, 6.45) is 11.4. The highest BCUT2D eigenvalue weighted by Gasteiger charge is 2.05. The molecule has 0 saturated carbocycles. The first-order chi connectivity index (χ1) is 8.70. The number of carbonyl (C=O) groups excluding carboxylic acids is 2. The second-order valence-electron chi connectivity index (χ2n) is 5.20. The molecule has 0 bridgehead atoms. The standard InChI is InChI=1S/C16H30O2/c1-3-5-7-8-9-12-16(18)14-10-13-15(17)11-6-4-2/h3-14H2,1-2H3. The van der Waals surface area contributed by atoms with Gasteiger partial charge in [-0.2, -0.15) is 0 Å². The average molecular weight is 254 g/mol. The summed E-state index contributed by atoms with van der Waals surface area (Å²) in [7, 11) is 0. The lowest BCUT2D eigenvalue weighted by molar-refractivity contribution is -0.120. The highest BCUT2D eigenvalue weighted by molar-refractivity contribution is 5.81. The molecule has 0 fully saturated rings. The summed E-state index contributed by atoms with van der Waals surface area (Å²) in [5, 5.41) is 0. The number of ketones is 2. The van der Waals surface area contributed by atoms with Gasteiger partial charge in [-0.05, 0) is 19.3 Å². The topological polar surface area (TPSA) is 34.1 Å². The van der Waals surface area contributed by atoms with Crippen LogP contribution in [0, 0.1) is 0 Å². The molecule has 0 rings (SSSR count). The molecule has 0 spiro atoms. The fourth-order valence-electron chi connectivity index (χ4n) is 2.03. The first-order valence-electron chi connectivity index (χ1n) is 7.74. The Hall–Kier alpha value is -0.660. The van der Waals surface area contributed by atoms with Crippen molar-refractivity contribution in [3.05, 3.63) is 0 Å². The first kappa shape index (κ1) is 17.3. The zero-order chi connectivity index (χ0) is 13.6. The number of unbranched alkanes of at least 4 members (excludes halogenated alkanes) is 5. The van der Waals surface area contributed by atoms with Gasteiger partial charge in [0, 0.05) is 25.7 Å². The molecule has 0 radical (unpaired) electrons. The summed E-state index contributed by atoms with van der Waals surface area (Å²) in [5.41, 5.74) is 0. The van der Waals surface area contributed by atoms with Crippen molar-refractivity contribution >= 4 is 11.6 Å². The van der Waals surface area contributed by atoms with E-state index in [0.717, 1.165) is 25.7 Å². The van der Waals surface area contributed by atoms with Gasteiger partial charge in [0.2, 0.25) is 0 Å². The Labute approximate surface area is 113 Å². The minimum Gasteiger partial charge on any atom is -0.300 e. The Morgan fingerprint density at radius 2 is 1.00 bits per heavy atom. The summed E-state index contributed by atoms with van der Waals surface area (Å²) in [4.78, 5) is 23.0. The molecule has 0 aliphatic heterocycles. The Bertz CT molecular complexity index is 221. The van der Waals surface area contributed by atoms with Crippen molar-refractivity contribution in [3.63, 3.8) is 0 Å². The van der Waals surface area contributed by atoms with Crippen LogP contribution in [0.4, 0.5) is 0 Å². The molecule has 0 aromatic heterocycles. The number of carbonyl (C=O) groups is 2. The minimum absolute atomic E-state index is 0.326. The average Bonchev–Trinajstić information content (AvgIpc) is 2.36. The Morgan fingerprint density at radius 1 is 0.556 bits per heavy atom. The van der Waals surface area contributed by atoms with Crippen LogP contribution in [0.3, 0.4) is 0 Å². The summed E-state index contributed by atoms with van der Waals surface area (Å²) in [6, 6.07) is 0. The summed E-state index contributed by atoms with van der Waals surface area (Å²) >= 11 is 0. The van der Waals surface area contributed by atoms with Gasteiger partial charge < -0.3 is 0 Å². The van der Waals surface area contributed by atoms with Crippen molar-refractivity contribution < 1.29 is 9.59 Å². The molecule has 0 saturated heterocycles. The van der Waals surface area contributed by atoms with Gasteiger partial charge in [0.15, 0.2) is 0 Å². The van der Waals surface area contributed by atoms with E-state index in [4.69, 9.17) is 0 Å². The van der Waals surface area contributed by atoms with E-state index < -0.39 is 0 Å². The second-order valence-corrected chi connectivity index (χ2v) is 5.20. The van der Waals surface area contributed by atoms with Crippen LogP contribution in [-0.4, -0.2) is 11.6 Å². The molecular formula is C16H30O2. The van der Waals surface area contributed by atoms with Gasteiger partial charge in [-0.3, -0.25) is 9.59 Å². The Kier molecular flexibility index (Phi) is 12.3. The zero-order valence-electron chi connectivity index (χ0n) is 12.3. The van der Waals surface area contributed by atoms with Crippen LogP contribution in [0.5, 0.6) is 0 Å². The van der Waals surface area contributed by atoms with Gasteiger partial charge in [-0.15, -0.1) is 0 Å². The normalized spacial score (nSPS) is 10.6. The van der Waals surface area contributed by atoms with E-state index >= 15 is 0 Å². The van der Waals surface area contributed by atoms with E-state index in [-0.39, 0.29) is 0 Å². The molecule has 0 N–H and O–H groups in total. The molecular weight excluding hydrogens is 224 g/mol. The van der Waals surface area contributed by atoms with Gasteiger partial charge >= 0.3 is 0 Å². The molecule has 0 aromatic rings.